The van der Waals surface area contributed by atoms with Crippen molar-refractivity contribution < 1.29 is 9.47 Å². The van der Waals surface area contributed by atoms with Gasteiger partial charge in [0.1, 0.15) is 11.5 Å². The lowest BCUT2D eigenvalue weighted by Gasteiger charge is -2.36. The van der Waals surface area contributed by atoms with Gasteiger partial charge >= 0.3 is 0 Å². The summed E-state index contributed by atoms with van der Waals surface area (Å²) in [6, 6.07) is 16.3. The molecule has 0 bridgehead atoms. The number of piperazine rings is 1. The molecule has 4 heteroatoms. The van der Waals surface area contributed by atoms with Crippen LogP contribution in [0.5, 0.6) is 11.5 Å². The topological polar surface area (TPSA) is 24.9 Å². The van der Waals surface area contributed by atoms with Crippen molar-refractivity contribution in [1.82, 2.24) is 4.90 Å². The molecule has 0 saturated carbocycles. The van der Waals surface area contributed by atoms with Crippen LogP contribution in [0.1, 0.15) is 5.56 Å². The average molecular weight is 338 g/mol. The molecule has 1 saturated heterocycles. The van der Waals surface area contributed by atoms with E-state index in [0.717, 1.165) is 49.8 Å². The van der Waals surface area contributed by atoms with E-state index in [9.17, 15) is 0 Å². The predicted molar refractivity (Wildman–Crippen MR) is 104 cm³/mol. The first-order valence-electron chi connectivity index (χ1n) is 8.71. The first kappa shape index (κ1) is 17.4. The van der Waals surface area contributed by atoms with Gasteiger partial charge in [-0.1, -0.05) is 42.5 Å². The third-order valence-corrected chi connectivity index (χ3v) is 4.60. The van der Waals surface area contributed by atoms with E-state index in [1.54, 1.807) is 14.2 Å². The van der Waals surface area contributed by atoms with Crippen molar-refractivity contribution in [1.29, 1.82) is 0 Å². The number of hydrogen-bond acceptors (Lipinski definition) is 4. The van der Waals surface area contributed by atoms with E-state index < -0.39 is 0 Å². The second kappa shape index (κ2) is 8.58. The van der Waals surface area contributed by atoms with Crippen molar-refractivity contribution in [2.45, 2.75) is 0 Å². The minimum atomic E-state index is 0.916. The van der Waals surface area contributed by atoms with E-state index in [0.29, 0.717) is 0 Å². The summed E-state index contributed by atoms with van der Waals surface area (Å²) in [4.78, 5) is 4.87. The molecule has 2 aromatic rings. The quantitative estimate of drug-likeness (QED) is 0.804. The fraction of sp³-hybridized carbons (Fsp3) is 0.333. The molecule has 1 heterocycles. The first-order valence-corrected chi connectivity index (χ1v) is 8.71. The Bertz CT molecular complexity index is 707. The van der Waals surface area contributed by atoms with Crippen LogP contribution in [0.25, 0.3) is 6.08 Å². The van der Waals surface area contributed by atoms with Crippen LogP contribution in [-0.2, 0) is 0 Å². The molecular formula is C21H26N2O2. The van der Waals surface area contributed by atoms with Gasteiger partial charge in [-0.25, -0.2) is 0 Å². The third-order valence-electron chi connectivity index (χ3n) is 4.60. The Morgan fingerprint density at radius 1 is 0.840 bits per heavy atom. The monoisotopic (exact) mass is 338 g/mol. The van der Waals surface area contributed by atoms with Crippen LogP contribution < -0.4 is 14.4 Å². The Balaban J connectivity index is 1.53. The summed E-state index contributed by atoms with van der Waals surface area (Å²) in [6.45, 7) is 5.09. The van der Waals surface area contributed by atoms with Gasteiger partial charge in [-0.2, -0.15) is 0 Å². The lowest BCUT2D eigenvalue weighted by molar-refractivity contribution is 0.283. The fourth-order valence-corrected chi connectivity index (χ4v) is 3.20. The number of hydrogen-bond donors (Lipinski definition) is 0. The normalized spacial score (nSPS) is 15.5. The number of methoxy groups -OCH3 is 2. The maximum absolute atomic E-state index is 5.48. The van der Waals surface area contributed by atoms with Gasteiger partial charge < -0.3 is 14.4 Å². The zero-order chi connectivity index (χ0) is 17.5. The Labute approximate surface area is 150 Å². The van der Waals surface area contributed by atoms with Crippen molar-refractivity contribution >= 4 is 11.8 Å². The van der Waals surface area contributed by atoms with Crippen molar-refractivity contribution in [2.75, 3.05) is 51.8 Å². The van der Waals surface area contributed by atoms with Crippen LogP contribution in [-0.4, -0.2) is 51.8 Å². The van der Waals surface area contributed by atoms with Gasteiger partial charge in [-0.15, -0.1) is 0 Å². The van der Waals surface area contributed by atoms with E-state index in [1.807, 2.05) is 30.3 Å². The highest BCUT2D eigenvalue weighted by atomic mass is 16.5. The van der Waals surface area contributed by atoms with Crippen LogP contribution in [0, 0.1) is 0 Å². The number of benzene rings is 2. The summed E-state index contributed by atoms with van der Waals surface area (Å²) < 4.78 is 10.9. The number of rotatable bonds is 6. The Hall–Kier alpha value is -2.46. The molecule has 0 amide bonds. The molecule has 25 heavy (non-hydrogen) atoms. The summed E-state index contributed by atoms with van der Waals surface area (Å²) in [7, 11) is 3.45. The largest absolute Gasteiger partial charge is 0.496 e. The summed E-state index contributed by atoms with van der Waals surface area (Å²) >= 11 is 0. The maximum Gasteiger partial charge on any atom is 0.142 e. The molecule has 4 nitrogen and oxygen atoms in total. The summed E-state index contributed by atoms with van der Waals surface area (Å²) in [6.07, 6.45) is 4.36. The van der Waals surface area contributed by atoms with Gasteiger partial charge in [0.2, 0.25) is 0 Å². The van der Waals surface area contributed by atoms with Crippen LogP contribution in [0.4, 0.5) is 5.69 Å². The van der Waals surface area contributed by atoms with Crippen molar-refractivity contribution in [3.63, 3.8) is 0 Å². The van der Waals surface area contributed by atoms with E-state index >= 15 is 0 Å². The van der Waals surface area contributed by atoms with Crippen molar-refractivity contribution in [3.05, 3.63) is 60.2 Å². The molecular weight excluding hydrogens is 312 g/mol. The Kier molecular flexibility index (Phi) is 5.96. The highest BCUT2D eigenvalue weighted by molar-refractivity contribution is 5.59. The molecule has 3 rings (SSSR count). The number of ether oxygens (including phenoxy) is 2. The third kappa shape index (κ3) is 4.34. The molecule has 2 aromatic carbocycles. The molecule has 1 aliphatic heterocycles. The summed E-state index contributed by atoms with van der Waals surface area (Å²) in [5.41, 5.74) is 2.31. The smallest absolute Gasteiger partial charge is 0.142 e. The van der Waals surface area contributed by atoms with E-state index in [-0.39, 0.29) is 0 Å². The molecule has 0 atom stereocenters. The van der Waals surface area contributed by atoms with Gasteiger partial charge in [0.15, 0.2) is 0 Å². The lowest BCUT2D eigenvalue weighted by atomic mass is 10.2. The fourth-order valence-electron chi connectivity index (χ4n) is 3.20. The Morgan fingerprint density at radius 2 is 1.48 bits per heavy atom. The standard InChI is InChI=1S/C21H26N2O2/c1-24-20-11-5-3-8-18(20)9-7-13-22-14-16-23(17-15-22)19-10-4-6-12-21(19)25-2/h3-12H,13-17H2,1-2H3. The number of para-hydroxylation sites is 3. The summed E-state index contributed by atoms with van der Waals surface area (Å²) in [5.74, 6) is 1.87. The second-order valence-electron chi connectivity index (χ2n) is 6.10. The van der Waals surface area contributed by atoms with Crippen molar-refractivity contribution in [3.8, 4) is 11.5 Å². The minimum Gasteiger partial charge on any atom is -0.496 e. The second-order valence-corrected chi connectivity index (χ2v) is 6.10. The van der Waals surface area contributed by atoms with E-state index in [1.165, 1.54) is 5.69 Å². The predicted octanol–water partition coefficient (Wildman–Crippen LogP) is 3.54. The molecule has 0 aromatic heterocycles. The van der Waals surface area contributed by atoms with Crippen LogP contribution in [0.15, 0.2) is 54.6 Å². The molecule has 0 radical (unpaired) electrons. The SMILES string of the molecule is COc1ccccc1C=CCN1CCN(c2ccccc2OC)CC1. The highest BCUT2D eigenvalue weighted by Crippen LogP contribution is 2.28. The van der Waals surface area contributed by atoms with Crippen molar-refractivity contribution in [2.24, 2.45) is 0 Å². The molecule has 132 valence electrons. The van der Waals surface area contributed by atoms with Gasteiger partial charge in [0.05, 0.1) is 19.9 Å². The Morgan fingerprint density at radius 3 is 2.20 bits per heavy atom. The molecule has 1 fully saturated rings. The zero-order valence-corrected chi connectivity index (χ0v) is 15.0. The molecule has 0 spiro atoms. The molecule has 0 N–H and O–H groups in total. The highest BCUT2D eigenvalue weighted by Gasteiger charge is 2.18. The zero-order valence-electron chi connectivity index (χ0n) is 15.0. The van der Waals surface area contributed by atoms with Crippen LogP contribution in [0.2, 0.25) is 0 Å². The number of nitrogens with zero attached hydrogens (tertiary/aromatic N) is 2. The van der Waals surface area contributed by atoms with Gasteiger partial charge in [-0.3, -0.25) is 4.90 Å². The van der Waals surface area contributed by atoms with Gasteiger partial charge in [-0.05, 0) is 18.2 Å². The lowest BCUT2D eigenvalue weighted by Crippen LogP contribution is -2.46. The first-order chi connectivity index (χ1) is 12.3. The number of anilines is 1. The molecule has 1 aliphatic rings. The average Bonchev–Trinajstić information content (AvgIpc) is 2.69. The van der Waals surface area contributed by atoms with Crippen LogP contribution >= 0.6 is 0 Å². The van der Waals surface area contributed by atoms with Gasteiger partial charge in [0, 0.05) is 38.3 Å². The molecule has 0 aliphatic carbocycles. The maximum atomic E-state index is 5.48. The van der Waals surface area contributed by atoms with Gasteiger partial charge in [0.25, 0.3) is 0 Å². The van der Waals surface area contributed by atoms with Crippen LogP contribution in [0.3, 0.4) is 0 Å². The summed E-state index contributed by atoms with van der Waals surface area (Å²) in [5, 5.41) is 0. The molecule has 0 unspecified atom stereocenters. The minimum absolute atomic E-state index is 0.916. The van der Waals surface area contributed by atoms with E-state index in [2.05, 4.69) is 40.2 Å². The van der Waals surface area contributed by atoms with E-state index in [4.69, 9.17) is 9.47 Å².